The van der Waals surface area contributed by atoms with Crippen molar-refractivity contribution in [1.29, 1.82) is 0 Å². The summed E-state index contributed by atoms with van der Waals surface area (Å²) in [7, 11) is 0. The Labute approximate surface area is 84.6 Å². The number of thioether (sulfide) groups is 1. The maximum absolute atomic E-state index is 13.2. The average molecular weight is 216 g/mol. The molecule has 0 spiro atoms. The molecule has 0 radical (unpaired) electrons. The van der Waals surface area contributed by atoms with E-state index in [-0.39, 0.29) is 22.8 Å². The zero-order chi connectivity index (χ0) is 10.6. The maximum atomic E-state index is 13.2. The highest BCUT2D eigenvalue weighted by atomic mass is 32.2. The summed E-state index contributed by atoms with van der Waals surface area (Å²) in [6.45, 7) is -0.113. The zero-order valence-corrected chi connectivity index (χ0v) is 8.05. The molecule has 0 aliphatic heterocycles. The lowest BCUT2D eigenvalue weighted by atomic mass is 10.2. The molecule has 0 fully saturated rings. The molecule has 0 bridgehead atoms. The lowest BCUT2D eigenvalue weighted by Crippen LogP contribution is -2.01. The number of aromatic carboxylic acids is 1. The Morgan fingerprint density at radius 1 is 1.50 bits per heavy atom. The Bertz CT molecular complexity index is 341. The molecule has 1 rings (SSSR count). The third-order valence-corrected chi connectivity index (χ3v) is 2.63. The van der Waals surface area contributed by atoms with E-state index in [9.17, 15) is 9.18 Å². The fourth-order valence-corrected chi connectivity index (χ4v) is 1.78. The highest BCUT2D eigenvalue weighted by Crippen LogP contribution is 2.25. The number of aliphatic hydroxyl groups is 1. The van der Waals surface area contributed by atoms with Crippen molar-refractivity contribution in [3.63, 3.8) is 0 Å². The molecule has 0 amide bonds. The number of carboxylic acids is 1. The van der Waals surface area contributed by atoms with Crippen LogP contribution in [0, 0.1) is 5.82 Å². The van der Waals surface area contributed by atoms with E-state index in [1.165, 1.54) is 18.2 Å². The van der Waals surface area contributed by atoms with E-state index in [0.717, 1.165) is 11.8 Å². The number of hydrogen-bond donors (Lipinski definition) is 2. The summed E-state index contributed by atoms with van der Waals surface area (Å²) in [6, 6.07) is 3.89. The first kappa shape index (κ1) is 11.0. The second kappa shape index (κ2) is 4.97. The van der Waals surface area contributed by atoms with Crippen LogP contribution in [0.1, 0.15) is 10.4 Å². The quantitative estimate of drug-likeness (QED) is 0.751. The number of halogens is 1. The van der Waals surface area contributed by atoms with E-state index in [0.29, 0.717) is 0 Å². The van der Waals surface area contributed by atoms with Crippen LogP contribution in [0.4, 0.5) is 4.39 Å². The van der Waals surface area contributed by atoms with Crippen LogP contribution in [0.15, 0.2) is 23.1 Å². The first-order valence-corrected chi connectivity index (χ1v) is 4.91. The number of hydrogen-bond acceptors (Lipinski definition) is 3. The third kappa shape index (κ3) is 2.46. The van der Waals surface area contributed by atoms with Gasteiger partial charge in [0.15, 0.2) is 0 Å². The molecular weight excluding hydrogens is 207 g/mol. The van der Waals surface area contributed by atoms with E-state index in [2.05, 4.69) is 0 Å². The minimum atomic E-state index is -1.16. The van der Waals surface area contributed by atoms with E-state index >= 15 is 0 Å². The maximum Gasteiger partial charge on any atom is 0.336 e. The van der Waals surface area contributed by atoms with Gasteiger partial charge in [0.1, 0.15) is 5.82 Å². The van der Waals surface area contributed by atoms with E-state index in [1.807, 2.05) is 0 Å². The molecule has 0 aromatic heterocycles. The summed E-state index contributed by atoms with van der Waals surface area (Å²) in [4.78, 5) is 10.8. The fraction of sp³-hybridized carbons (Fsp3) is 0.222. The fourth-order valence-electron chi connectivity index (χ4n) is 0.972. The minimum absolute atomic E-state index is 0.0662. The second-order valence-electron chi connectivity index (χ2n) is 2.49. The molecule has 0 aliphatic carbocycles. The van der Waals surface area contributed by atoms with Crippen LogP contribution in [0.5, 0.6) is 0 Å². The summed E-state index contributed by atoms with van der Waals surface area (Å²) in [6.07, 6.45) is 0. The Hall–Kier alpha value is -1.07. The summed E-state index contributed by atoms with van der Waals surface area (Å²) in [5.74, 6) is -1.45. The number of aliphatic hydroxyl groups excluding tert-OH is 1. The SMILES string of the molecule is O=C(O)c1cccc(F)c1SCCO. The van der Waals surface area contributed by atoms with Crippen LogP contribution in [-0.2, 0) is 0 Å². The van der Waals surface area contributed by atoms with Crippen LogP contribution >= 0.6 is 11.8 Å². The number of carboxylic acid groups (broad SMARTS) is 1. The molecular formula is C9H9FO3S. The summed E-state index contributed by atoms with van der Waals surface area (Å²) < 4.78 is 13.2. The van der Waals surface area contributed by atoms with Crippen molar-refractivity contribution in [3.8, 4) is 0 Å². The monoisotopic (exact) mass is 216 g/mol. The van der Waals surface area contributed by atoms with Crippen molar-refractivity contribution < 1.29 is 19.4 Å². The molecule has 1 aromatic carbocycles. The first-order valence-electron chi connectivity index (χ1n) is 3.92. The molecule has 76 valence electrons. The van der Waals surface area contributed by atoms with Gasteiger partial charge in [-0.05, 0) is 12.1 Å². The van der Waals surface area contributed by atoms with Crippen LogP contribution in [0.3, 0.4) is 0 Å². The Kier molecular flexibility index (Phi) is 3.91. The lowest BCUT2D eigenvalue weighted by molar-refractivity contribution is 0.0692. The predicted molar refractivity (Wildman–Crippen MR) is 51.2 cm³/mol. The molecule has 0 saturated carbocycles. The zero-order valence-electron chi connectivity index (χ0n) is 7.24. The largest absolute Gasteiger partial charge is 0.478 e. The van der Waals surface area contributed by atoms with E-state index in [1.54, 1.807) is 0 Å². The van der Waals surface area contributed by atoms with Crippen molar-refractivity contribution in [1.82, 2.24) is 0 Å². The van der Waals surface area contributed by atoms with E-state index in [4.69, 9.17) is 10.2 Å². The Morgan fingerprint density at radius 3 is 2.79 bits per heavy atom. The van der Waals surface area contributed by atoms with Gasteiger partial charge in [-0.15, -0.1) is 11.8 Å². The molecule has 2 N–H and O–H groups in total. The predicted octanol–water partition coefficient (Wildman–Crippen LogP) is 1.61. The van der Waals surface area contributed by atoms with E-state index < -0.39 is 11.8 Å². The standard InChI is InChI=1S/C9H9FO3S/c10-7-3-1-2-6(9(12)13)8(7)14-5-4-11/h1-3,11H,4-5H2,(H,12,13). The average Bonchev–Trinajstić information content (AvgIpc) is 2.15. The van der Waals surface area contributed by atoms with Crippen molar-refractivity contribution in [2.24, 2.45) is 0 Å². The van der Waals surface area contributed by atoms with Crippen molar-refractivity contribution in [2.45, 2.75) is 4.90 Å². The molecule has 0 saturated heterocycles. The molecule has 1 aromatic rings. The van der Waals surface area contributed by atoms with Crippen molar-refractivity contribution in [3.05, 3.63) is 29.6 Å². The van der Waals surface area contributed by atoms with Gasteiger partial charge in [-0.1, -0.05) is 6.07 Å². The van der Waals surface area contributed by atoms with Crippen LogP contribution < -0.4 is 0 Å². The van der Waals surface area contributed by atoms with Crippen LogP contribution in [-0.4, -0.2) is 28.5 Å². The highest BCUT2D eigenvalue weighted by Gasteiger charge is 2.13. The first-order chi connectivity index (χ1) is 6.66. The Balaban J connectivity index is 3.02. The van der Waals surface area contributed by atoms with Crippen LogP contribution in [0.25, 0.3) is 0 Å². The van der Waals surface area contributed by atoms with Gasteiger partial charge in [-0.3, -0.25) is 0 Å². The van der Waals surface area contributed by atoms with Gasteiger partial charge >= 0.3 is 5.97 Å². The normalized spacial score (nSPS) is 10.1. The molecule has 0 atom stereocenters. The van der Waals surface area contributed by atoms with Gasteiger partial charge in [0, 0.05) is 5.75 Å². The molecule has 0 unspecified atom stereocenters. The van der Waals surface area contributed by atoms with Gasteiger partial charge in [0.25, 0.3) is 0 Å². The van der Waals surface area contributed by atoms with Gasteiger partial charge in [0.2, 0.25) is 0 Å². The lowest BCUT2D eigenvalue weighted by Gasteiger charge is -2.05. The summed E-state index contributed by atoms with van der Waals surface area (Å²) in [5, 5.41) is 17.3. The topological polar surface area (TPSA) is 57.5 Å². The molecule has 5 heteroatoms. The summed E-state index contributed by atoms with van der Waals surface area (Å²) >= 11 is 0.996. The van der Waals surface area contributed by atoms with Gasteiger partial charge < -0.3 is 10.2 Å². The second-order valence-corrected chi connectivity index (χ2v) is 3.60. The number of carbonyl (C=O) groups is 1. The van der Waals surface area contributed by atoms with Crippen molar-refractivity contribution in [2.75, 3.05) is 12.4 Å². The van der Waals surface area contributed by atoms with Crippen LogP contribution in [0.2, 0.25) is 0 Å². The Morgan fingerprint density at radius 2 is 2.21 bits per heavy atom. The van der Waals surface area contributed by atoms with Crippen molar-refractivity contribution >= 4 is 17.7 Å². The highest BCUT2D eigenvalue weighted by molar-refractivity contribution is 7.99. The molecule has 3 nitrogen and oxygen atoms in total. The molecule has 14 heavy (non-hydrogen) atoms. The number of rotatable bonds is 4. The van der Waals surface area contributed by atoms with Gasteiger partial charge in [-0.2, -0.15) is 0 Å². The minimum Gasteiger partial charge on any atom is -0.478 e. The van der Waals surface area contributed by atoms with Gasteiger partial charge in [0.05, 0.1) is 17.1 Å². The smallest absolute Gasteiger partial charge is 0.336 e. The van der Waals surface area contributed by atoms with Gasteiger partial charge in [-0.25, -0.2) is 9.18 Å². The number of benzene rings is 1. The molecule has 0 aliphatic rings. The molecule has 0 heterocycles. The summed E-state index contributed by atoms with van der Waals surface area (Å²) in [5.41, 5.74) is -0.0662. The third-order valence-electron chi connectivity index (χ3n) is 1.54.